The van der Waals surface area contributed by atoms with E-state index in [0.717, 1.165) is 31.5 Å². The first-order valence-electron chi connectivity index (χ1n) is 8.33. The van der Waals surface area contributed by atoms with E-state index in [2.05, 4.69) is 4.90 Å². The van der Waals surface area contributed by atoms with Crippen molar-refractivity contribution in [2.24, 2.45) is 11.8 Å². The number of aliphatic hydroxyl groups is 1. The molecular weight excluding hydrogens is 238 g/mol. The van der Waals surface area contributed by atoms with Gasteiger partial charge in [-0.3, -0.25) is 0 Å². The molecule has 0 bridgehead atoms. The van der Waals surface area contributed by atoms with Crippen LogP contribution in [-0.4, -0.2) is 48.5 Å². The van der Waals surface area contributed by atoms with Crippen molar-refractivity contribution in [1.29, 1.82) is 0 Å². The van der Waals surface area contributed by atoms with E-state index in [1.807, 2.05) is 0 Å². The topological polar surface area (TPSA) is 32.7 Å². The number of hydrogen-bond acceptors (Lipinski definition) is 3. The molecule has 1 saturated heterocycles. The van der Waals surface area contributed by atoms with Gasteiger partial charge in [-0.15, -0.1) is 0 Å². The van der Waals surface area contributed by atoms with Crippen LogP contribution in [0.25, 0.3) is 0 Å². The fourth-order valence-electron chi connectivity index (χ4n) is 4.37. The fourth-order valence-corrected chi connectivity index (χ4v) is 4.37. The van der Waals surface area contributed by atoms with Gasteiger partial charge < -0.3 is 14.7 Å². The average molecular weight is 267 g/mol. The second-order valence-corrected chi connectivity index (χ2v) is 6.88. The highest BCUT2D eigenvalue weighted by Gasteiger charge is 2.34. The van der Waals surface area contributed by atoms with E-state index in [4.69, 9.17) is 4.74 Å². The Labute approximate surface area is 117 Å². The predicted octanol–water partition coefficient (Wildman–Crippen LogP) is 2.43. The lowest BCUT2D eigenvalue weighted by atomic mass is 9.80. The van der Waals surface area contributed by atoms with E-state index in [0.29, 0.717) is 12.7 Å². The molecule has 1 N–H and O–H groups in total. The van der Waals surface area contributed by atoms with Crippen LogP contribution in [0.2, 0.25) is 0 Å². The average Bonchev–Trinajstić information content (AvgIpc) is 3.06. The van der Waals surface area contributed by atoms with Gasteiger partial charge in [-0.25, -0.2) is 0 Å². The number of fused-ring (bicyclic) bond motifs is 1. The van der Waals surface area contributed by atoms with Crippen LogP contribution in [0.5, 0.6) is 0 Å². The molecule has 0 aromatic heterocycles. The van der Waals surface area contributed by atoms with Crippen molar-refractivity contribution in [3.63, 3.8) is 0 Å². The van der Waals surface area contributed by atoms with Crippen LogP contribution in [0, 0.1) is 11.8 Å². The van der Waals surface area contributed by atoms with Crippen molar-refractivity contribution in [3.05, 3.63) is 0 Å². The third-order valence-corrected chi connectivity index (χ3v) is 5.43. The van der Waals surface area contributed by atoms with Gasteiger partial charge in [0, 0.05) is 6.54 Å². The molecule has 3 fully saturated rings. The van der Waals surface area contributed by atoms with Crippen LogP contribution in [0.4, 0.5) is 0 Å². The van der Waals surface area contributed by atoms with E-state index in [9.17, 15) is 5.11 Å². The van der Waals surface area contributed by atoms with Crippen molar-refractivity contribution in [1.82, 2.24) is 4.90 Å². The summed E-state index contributed by atoms with van der Waals surface area (Å²) in [5.74, 6) is 1.92. The minimum atomic E-state index is -0.292. The number of ether oxygens (including phenoxy) is 1. The lowest BCUT2D eigenvalue weighted by Gasteiger charge is -2.32. The number of β-amino-alcohol motifs (C(OH)–C–C–N with tert-alkyl or cyclic N) is 1. The fraction of sp³-hybridized carbons (Fsp3) is 1.00. The zero-order chi connectivity index (χ0) is 13.1. The first kappa shape index (κ1) is 13.8. The van der Waals surface area contributed by atoms with Gasteiger partial charge in [-0.05, 0) is 57.0 Å². The summed E-state index contributed by atoms with van der Waals surface area (Å²) in [4.78, 5) is 2.36. The Balaban J connectivity index is 1.35. The third-order valence-electron chi connectivity index (χ3n) is 5.43. The first-order chi connectivity index (χ1) is 9.31. The maximum atomic E-state index is 10.1. The molecule has 3 unspecified atom stereocenters. The summed E-state index contributed by atoms with van der Waals surface area (Å²) in [5.41, 5.74) is 0. The van der Waals surface area contributed by atoms with E-state index in [1.54, 1.807) is 0 Å². The largest absolute Gasteiger partial charge is 0.389 e. The Morgan fingerprint density at radius 1 is 1.00 bits per heavy atom. The summed E-state index contributed by atoms with van der Waals surface area (Å²) in [6.07, 6.45) is 10.8. The van der Waals surface area contributed by atoms with Crippen molar-refractivity contribution in [2.75, 3.05) is 26.2 Å². The highest BCUT2D eigenvalue weighted by molar-refractivity contribution is 4.85. The summed E-state index contributed by atoms with van der Waals surface area (Å²) in [6.45, 7) is 3.66. The van der Waals surface area contributed by atoms with Crippen molar-refractivity contribution < 1.29 is 9.84 Å². The zero-order valence-electron chi connectivity index (χ0n) is 12.1. The number of aliphatic hydroxyl groups excluding tert-OH is 1. The van der Waals surface area contributed by atoms with Crippen LogP contribution in [0.15, 0.2) is 0 Å². The second kappa shape index (κ2) is 6.55. The molecule has 3 heteroatoms. The maximum absolute atomic E-state index is 10.1. The van der Waals surface area contributed by atoms with Crippen LogP contribution in [-0.2, 0) is 4.74 Å². The molecule has 19 heavy (non-hydrogen) atoms. The molecule has 110 valence electrons. The number of hydrogen-bond donors (Lipinski definition) is 1. The first-order valence-corrected chi connectivity index (χ1v) is 8.33. The molecule has 2 aliphatic carbocycles. The summed E-state index contributed by atoms with van der Waals surface area (Å²) in [5, 5.41) is 10.1. The van der Waals surface area contributed by atoms with Crippen LogP contribution >= 0.6 is 0 Å². The van der Waals surface area contributed by atoms with E-state index < -0.39 is 0 Å². The standard InChI is InChI=1S/C16H29NO2/c18-15(11-17-8-1-2-9-17)12-19-16-7-6-13-4-3-5-14(13)10-16/h13-16,18H,1-12H2/t13?,14?,15-,16?/m0/s1. The Bertz CT molecular complexity index is 278. The number of rotatable bonds is 5. The molecule has 3 aliphatic rings. The summed E-state index contributed by atoms with van der Waals surface area (Å²) >= 11 is 0. The Kier molecular flexibility index (Phi) is 4.78. The minimum Gasteiger partial charge on any atom is -0.389 e. The zero-order valence-corrected chi connectivity index (χ0v) is 12.1. The van der Waals surface area contributed by atoms with Gasteiger partial charge >= 0.3 is 0 Å². The number of likely N-dealkylation sites (tertiary alicyclic amines) is 1. The molecule has 0 spiro atoms. The van der Waals surface area contributed by atoms with Gasteiger partial charge in [0.15, 0.2) is 0 Å². The van der Waals surface area contributed by atoms with Gasteiger partial charge in [0.1, 0.15) is 0 Å². The van der Waals surface area contributed by atoms with Crippen molar-refractivity contribution >= 4 is 0 Å². The molecule has 0 aromatic rings. The van der Waals surface area contributed by atoms with E-state index >= 15 is 0 Å². The molecule has 1 heterocycles. The van der Waals surface area contributed by atoms with Gasteiger partial charge in [0.2, 0.25) is 0 Å². The Hall–Kier alpha value is -0.120. The Morgan fingerprint density at radius 2 is 1.79 bits per heavy atom. The summed E-state index contributed by atoms with van der Waals surface area (Å²) in [6, 6.07) is 0. The lowest BCUT2D eigenvalue weighted by molar-refractivity contribution is -0.0451. The van der Waals surface area contributed by atoms with Gasteiger partial charge in [-0.1, -0.05) is 19.3 Å². The molecule has 2 saturated carbocycles. The van der Waals surface area contributed by atoms with Crippen LogP contribution in [0.3, 0.4) is 0 Å². The van der Waals surface area contributed by atoms with E-state index in [-0.39, 0.29) is 6.10 Å². The summed E-state index contributed by atoms with van der Waals surface area (Å²) in [7, 11) is 0. The highest BCUT2D eigenvalue weighted by atomic mass is 16.5. The molecule has 0 aromatic carbocycles. The monoisotopic (exact) mass is 267 g/mol. The van der Waals surface area contributed by atoms with Gasteiger partial charge in [0.05, 0.1) is 18.8 Å². The van der Waals surface area contributed by atoms with Crippen molar-refractivity contribution in [2.45, 2.75) is 63.6 Å². The molecule has 3 nitrogen and oxygen atoms in total. The maximum Gasteiger partial charge on any atom is 0.0900 e. The van der Waals surface area contributed by atoms with E-state index in [1.165, 1.54) is 51.4 Å². The SMILES string of the molecule is O[C@H](COC1CCC2CCCC2C1)CN1CCCC1. The highest BCUT2D eigenvalue weighted by Crippen LogP contribution is 2.42. The normalized spacial score (nSPS) is 37.4. The minimum absolute atomic E-state index is 0.292. The van der Waals surface area contributed by atoms with Crippen LogP contribution < -0.4 is 0 Å². The molecule has 0 radical (unpaired) electrons. The number of nitrogens with zero attached hydrogens (tertiary/aromatic N) is 1. The van der Waals surface area contributed by atoms with Gasteiger partial charge in [0.25, 0.3) is 0 Å². The smallest absolute Gasteiger partial charge is 0.0900 e. The molecule has 4 atom stereocenters. The van der Waals surface area contributed by atoms with Crippen molar-refractivity contribution in [3.8, 4) is 0 Å². The van der Waals surface area contributed by atoms with Gasteiger partial charge in [-0.2, -0.15) is 0 Å². The quantitative estimate of drug-likeness (QED) is 0.830. The molecule has 3 rings (SSSR count). The predicted molar refractivity (Wildman–Crippen MR) is 76.1 cm³/mol. The Morgan fingerprint density at radius 3 is 2.63 bits per heavy atom. The van der Waals surface area contributed by atoms with Crippen LogP contribution in [0.1, 0.15) is 51.4 Å². The molecule has 1 aliphatic heterocycles. The third kappa shape index (κ3) is 3.71. The molecular formula is C16H29NO2. The second-order valence-electron chi connectivity index (χ2n) is 6.88. The lowest BCUT2D eigenvalue weighted by Crippen LogP contribution is -2.35. The summed E-state index contributed by atoms with van der Waals surface area (Å²) < 4.78 is 5.99. The molecule has 0 amide bonds.